The van der Waals surface area contributed by atoms with Crippen molar-refractivity contribution in [3.63, 3.8) is 0 Å². The van der Waals surface area contributed by atoms with Crippen molar-refractivity contribution in [2.75, 3.05) is 31.1 Å². The van der Waals surface area contributed by atoms with E-state index >= 15 is 0 Å². The largest absolute Gasteiger partial charge is 0.352 e. The van der Waals surface area contributed by atoms with Gasteiger partial charge in [0, 0.05) is 43.9 Å². The van der Waals surface area contributed by atoms with Gasteiger partial charge in [-0.25, -0.2) is 9.97 Å². The Balaban J connectivity index is 1.47. The van der Waals surface area contributed by atoms with Gasteiger partial charge in [-0.05, 0) is 49.1 Å². The number of rotatable bonds is 7. The first-order valence-corrected chi connectivity index (χ1v) is 13.8. The fourth-order valence-corrected chi connectivity index (χ4v) is 6.27. The van der Waals surface area contributed by atoms with Crippen molar-refractivity contribution in [2.45, 2.75) is 67.2 Å². The Morgan fingerprint density at radius 2 is 1.71 bits per heavy atom. The minimum Gasteiger partial charge on any atom is -0.352 e. The molecule has 188 valence electrons. The lowest BCUT2D eigenvalue weighted by molar-refractivity contribution is -0.132. The number of benzene rings is 1. The van der Waals surface area contributed by atoms with Crippen molar-refractivity contribution in [2.24, 2.45) is 11.3 Å². The summed E-state index contributed by atoms with van der Waals surface area (Å²) in [6.45, 7) is 16.5. The minimum atomic E-state index is 0.255. The van der Waals surface area contributed by atoms with E-state index < -0.39 is 0 Å². The van der Waals surface area contributed by atoms with Gasteiger partial charge in [0.15, 0.2) is 0 Å². The first kappa shape index (κ1) is 25.6. The highest BCUT2D eigenvalue weighted by atomic mass is 32.1. The second kappa shape index (κ2) is 10.7. The normalized spacial score (nSPS) is 15.6. The van der Waals surface area contributed by atoms with Crippen molar-refractivity contribution in [3.05, 3.63) is 52.2 Å². The third-order valence-corrected chi connectivity index (χ3v) is 8.05. The van der Waals surface area contributed by atoms with E-state index in [-0.39, 0.29) is 5.41 Å². The summed E-state index contributed by atoms with van der Waals surface area (Å²) in [4.78, 5) is 29.8. The van der Waals surface area contributed by atoms with Gasteiger partial charge in [0.2, 0.25) is 5.91 Å². The van der Waals surface area contributed by atoms with Gasteiger partial charge in [0.1, 0.15) is 16.5 Å². The molecule has 1 fully saturated rings. The second-order valence-electron chi connectivity index (χ2n) is 11.4. The van der Waals surface area contributed by atoms with Crippen LogP contribution in [-0.4, -0.2) is 47.0 Å². The van der Waals surface area contributed by atoms with Crippen LogP contribution < -0.4 is 4.90 Å². The molecule has 0 spiro atoms. The van der Waals surface area contributed by atoms with Crippen LogP contribution in [0, 0.1) is 25.2 Å². The van der Waals surface area contributed by atoms with Crippen LogP contribution in [0.3, 0.4) is 0 Å². The zero-order valence-electron chi connectivity index (χ0n) is 22.2. The first-order chi connectivity index (χ1) is 16.6. The van der Waals surface area contributed by atoms with Gasteiger partial charge in [-0.2, -0.15) is 0 Å². The van der Waals surface area contributed by atoms with Crippen LogP contribution in [0.2, 0.25) is 0 Å². The summed E-state index contributed by atoms with van der Waals surface area (Å²) in [5.41, 5.74) is 2.85. The van der Waals surface area contributed by atoms with Crippen molar-refractivity contribution >= 4 is 33.3 Å². The Hall–Kier alpha value is -2.47. The maximum absolute atomic E-state index is 13.0. The number of hydrogen-bond donors (Lipinski definition) is 0. The molecule has 3 heterocycles. The third-order valence-electron chi connectivity index (χ3n) is 6.95. The number of aromatic nitrogens is 2. The lowest BCUT2D eigenvalue weighted by Crippen LogP contribution is -2.49. The number of amides is 1. The molecule has 4 rings (SSSR count). The van der Waals surface area contributed by atoms with E-state index in [0.717, 1.165) is 61.9 Å². The van der Waals surface area contributed by atoms with E-state index in [1.54, 1.807) is 11.3 Å². The van der Waals surface area contributed by atoms with Crippen LogP contribution in [0.25, 0.3) is 10.2 Å². The molecule has 5 nitrogen and oxygen atoms in total. The second-order valence-corrected chi connectivity index (χ2v) is 12.6. The molecule has 1 atom stereocenters. The van der Waals surface area contributed by atoms with Gasteiger partial charge in [0.25, 0.3) is 0 Å². The molecule has 1 saturated heterocycles. The summed E-state index contributed by atoms with van der Waals surface area (Å²) in [7, 11) is 0. The third kappa shape index (κ3) is 6.40. The number of carbonyl (C=O) groups is 1. The molecule has 35 heavy (non-hydrogen) atoms. The molecule has 0 aliphatic carbocycles. The van der Waals surface area contributed by atoms with E-state index in [1.165, 1.54) is 21.4 Å². The average molecular weight is 493 g/mol. The lowest BCUT2D eigenvalue weighted by atomic mass is 9.84. The molecule has 0 saturated carbocycles. The average Bonchev–Trinajstić information content (AvgIpc) is 3.10. The SMILES string of the molecule is Cc1sc2nc(CCc3ccccc3)nc(N3CCN(C(=O)C[C@H](C)CC(C)(C)C)CC3)c2c1C. The monoisotopic (exact) mass is 492 g/mol. The number of nitrogens with zero attached hydrogens (tertiary/aromatic N) is 4. The predicted molar refractivity (Wildman–Crippen MR) is 147 cm³/mol. The maximum atomic E-state index is 13.0. The van der Waals surface area contributed by atoms with E-state index in [9.17, 15) is 4.79 Å². The topological polar surface area (TPSA) is 49.3 Å². The van der Waals surface area contributed by atoms with Gasteiger partial charge in [-0.15, -0.1) is 11.3 Å². The van der Waals surface area contributed by atoms with E-state index in [0.29, 0.717) is 18.2 Å². The predicted octanol–water partition coefficient (Wildman–Crippen LogP) is 6.20. The van der Waals surface area contributed by atoms with Crippen molar-refractivity contribution in [3.8, 4) is 0 Å². The van der Waals surface area contributed by atoms with E-state index in [2.05, 4.69) is 81.7 Å². The van der Waals surface area contributed by atoms with Crippen LogP contribution in [-0.2, 0) is 17.6 Å². The highest BCUT2D eigenvalue weighted by Crippen LogP contribution is 2.35. The highest BCUT2D eigenvalue weighted by Gasteiger charge is 2.27. The summed E-state index contributed by atoms with van der Waals surface area (Å²) in [5.74, 6) is 2.66. The van der Waals surface area contributed by atoms with Gasteiger partial charge in [0.05, 0.1) is 5.39 Å². The zero-order valence-corrected chi connectivity index (χ0v) is 23.0. The Morgan fingerprint density at radius 3 is 2.37 bits per heavy atom. The molecule has 1 aliphatic heterocycles. The molecule has 6 heteroatoms. The van der Waals surface area contributed by atoms with Gasteiger partial charge < -0.3 is 9.80 Å². The molecule has 2 aromatic heterocycles. The summed E-state index contributed by atoms with van der Waals surface area (Å²) in [6, 6.07) is 10.6. The fourth-order valence-electron chi connectivity index (χ4n) is 5.23. The van der Waals surface area contributed by atoms with Crippen LogP contribution in [0.1, 0.15) is 62.4 Å². The number of thiophene rings is 1. The molecule has 1 amide bonds. The van der Waals surface area contributed by atoms with E-state index in [1.807, 2.05) is 0 Å². The molecular formula is C29H40N4OS. The number of fused-ring (bicyclic) bond motifs is 1. The number of hydrogen-bond acceptors (Lipinski definition) is 5. The fraction of sp³-hybridized carbons (Fsp3) is 0.552. The van der Waals surface area contributed by atoms with E-state index in [4.69, 9.17) is 9.97 Å². The molecule has 0 N–H and O–H groups in total. The Labute approximate surface area is 214 Å². The number of aryl methyl sites for hydroxylation is 4. The Kier molecular flexibility index (Phi) is 7.80. The van der Waals surface area contributed by atoms with Crippen LogP contribution in [0.5, 0.6) is 0 Å². The first-order valence-electron chi connectivity index (χ1n) is 12.9. The molecule has 0 bridgehead atoms. The molecule has 0 radical (unpaired) electrons. The number of carbonyl (C=O) groups excluding carboxylic acids is 1. The quantitative estimate of drug-likeness (QED) is 0.394. The zero-order chi connectivity index (χ0) is 25.2. The van der Waals surface area contributed by atoms with Gasteiger partial charge in [-0.1, -0.05) is 58.0 Å². The molecular weight excluding hydrogens is 452 g/mol. The smallest absolute Gasteiger partial charge is 0.222 e. The van der Waals surface area contributed by atoms with Crippen LogP contribution in [0.4, 0.5) is 5.82 Å². The summed E-state index contributed by atoms with van der Waals surface area (Å²) >= 11 is 1.77. The summed E-state index contributed by atoms with van der Waals surface area (Å²) < 4.78 is 0. The molecule has 1 aromatic carbocycles. The van der Waals surface area contributed by atoms with Crippen LogP contribution >= 0.6 is 11.3 Å². The number of piperazine rings is 1. The van der Waals surface area contributed by atoms with Crippen molar-refractivity contribution in [1.29, 1.82) is 0 Å². The van der Waals surface area contributed by atoms with Gasteiger partial charge in [-0.3, -0.25) is 4.79 Å². The molecule has 0 unspecified atom stereocenters. The Morgan fingerprint density at radius 1 is 1.03 bits per heavy atom. The number of anilines is 1. The standard InChI is InChI=1S/C29H40N4OS/c1-20(19-29(4,5)6)18-25(34)32-14-16-33(17-15-32)27-26-21(2)22(3)35-28(26)31-24(30-27)13-12-23-10-8-7-9-11-23/h7-11,20H,12-19H2,1-6H3/t20-/m0/s1. The Bertz CT molecular complexity index is 1160. The lowest BCUT2D eigenvalue weighted by Gasteiger charge is -2.36. The maximum Gasteiger partial charge on any atom is 0.222 e. The molecule has 3 aromatic rings. The van der Waals surface area contributed by atoms with Crippen molar-refractivity contribution in [1.82, 2.24) is 14.9 Å². The highest BCUT2D eigenvalue weighted by molar-refractivity contribution is 7.18. The minimum absolute atomic E-state index is 0.255. The van der Waals surface area contributed by atoms with Gasteiger partial charge >= 0.3 is 0 Å². The summed E-state index contributed by atoms with van der Waals surface area (Å²) in [6.07, 6.45) is 3.47. The van der Waals surface area contributed by atoms with Crippen molar-refractivity contribution < 1.29 is 4.79 Å². The molecule has 1 aliphatic rings. The van der Waals surface area contributed by atoms with Crippen LogP contribution in [0.15, 0.2) is 30.3 Å². The summed E-state index contributed by atoms with van der Waals surface area (Å²) in [5, 5.41) is 1.19.